The van der Waals surface area contributed by atoms with Crippen molar-refractivity contribution in [2.45, 2.75) is 34.6 Å². The Morgan fingerprint density at radius 3 is 1.87 bits per heavy atom. The van der Waals surface area contributed by atoms with Gasteiger partial charge in [0.2, 0.25) is 0 Å². The third-order valence-electron chi connectivity index (χ3n) is 1.62. The minimum Gasteiger partial charge on any atom is -0.410 e. The number of nitrogens with zero attached hydrogens (tertiary/aromatic N) is 1. The van der Waals surface area contributed by atoms with Gasteiger partial charge in [-0.25, -0.2) is 0 Å². The van der Waals surface area contributed by atoms with Gasteiger partial charge in [0.05, 0.1) is 13.2 Å². The van der Waals surface area contributed by atoms with Crippen molar-refractivity contribution in [3.63, 3.8) is 0 Å². The van der Waals surface area contributed by atoms with Crippen molar-refractivity contribution >= 4 is 13.0 Å². The molecule has 0 aromatic rings. The Kier molecular flexibility index (Phi) is 5.49. The minimum atomic E-state index is -3.45. The molecule has 0 heterocycles. The van der Waals surface area contributed by atoms with Crippen LogP contribution in [0, 0.1) is 5.41 Å². The fourth-order valence-electron chi connectivity index (χ4n) is 1.12. The molecule has 0 rings (SSSR count). The standard InChI is InChI=1S/C9H20NO4P/c1-6-13-15(12,14-7-2)8(10-11)9(3,4)5/h11H,6-7H2,1-5H3/b10-8+. The lowest BCUT2D eigenvalue weighted by molar-refractivity contribution is 0.227. The van der Waals surface area contributed by atoms with Gasteiger partial charge in [-0.15, -0.1) is 0 Å². The van der Waals surface area contributed by atoms with Gasteiger partial charge >= 0.3 is 7.60 Å². The Balaban J connectivity index is 5.14. The third kappa shape index (κ3) is 3.93. The van der Waals surface area contributed by atoms with Crippen molar-refractivity contribution in [1.82, 2.24) is 0 Å². The van der Waals surface area contributed by atoms with E-state index in [1.807, 2.05) is 0 Å². The van der Waals surface area contributed by atoms with Crippen LogP contribution in [0.3, 0.4) is 0 Å². The summed E-state index contributed by atoms with van der Waals surface area (Å²) in [4.78, 5) is 0. The molecule has 0 atom stereocenters. The van der Waals surface area contributed by atoms with Crippen LogP contribution >= 0.6 is 7.60 Å². The van der Waals surface area contributed by atoms with Gasteiger partial charge in [0, 0.05) is 5.41 Å². The molecule has 1 N–H and O–H groups in total. The molecule has 0 aromatic heterocycles. The molecule has 0 aliphatic carbocycles. The van der Waals surface area contributed by atoms with Gasteiger partial charge in [-0.1, -0.05) is 25.9 Å². The summed E-state index contributed by atoms with van der Waals surface area (Å²) in [6.45, 7) is 9.26. The zero-order chi connectivity index (χ0) is 12.1. The average Bonchev–Trinajstić information content (AvgIpc) is 2.02. The second-order valence-corrected chi connectivity index (χ2v) is 5.94. The Hall–Kier alpha value is -0.380. The molecule has 0 radical (unpaired) electrons. The molecule has 90 valence electrons. The topological polar surface area (TPSA) is 68.1 Å². The van der Waals surface area contributed by atoms with Crippen molar-refractivity contribution in [1.29, 1.82) is 0 Å². The van der Waals surface area contributed by atoms with Gasteiger partial charge in [0.1, 0.15) is 0 Å². The number of oxime groups is 1. The molecule has 0 fully saturated rings. The van der Waals surface area contributed by atoms with Gasteiger partial charge in [-0.3, -0.25) is 4.57 Å². The van der Waals surface area contributed by atoms with Crippen LogP contribution in [-0.2, 0) is 13.6 Å². The van der Waals surface area contributed by atoms with Crippen LogP contribution in [0.1, 0.15) is 34.6 Å². The lowest BCUT2D eigenvalue weighted by Crippen LogP contribution is -2.23. The van der Waals surface area contributed by atoms with Gasteiger partial charge < -0.3 is 14.3 Å². The Labute approximate surface area is 91.0 Å². The molecule has 0 saturated heterocycles. The fourth-order valence-corrected chi connectivity index (χ4v) is 3.05. The molecule has 0 aliphatic heterocycles. The van der Waals surface area contributed by atoms with E-state index in [0.29, 0.717) is 0 Å². The number of hydrogen-bond acceptors (Lipinski definition) is 5. The van der Waals surface area contributed by atoms with E-state index in [4.69, 9.17) is 14.3 Å². The summed E-state index contributed by atoms with van der Waals surface area (Å²) in [5.41, 5.74) is -0.507. The Bertz CT molecular complexity index is 260. The lowest BCUT2D eigenvalue weighted by Gasteiger charge is -2.26. The predicted molar refractivity (Wildman–Crippen MR) is 59.5 cm³/mol. The Morgan fingerprint density at radius 1 is 1.27 bits per heavy atom. The molecule has 0 bridgehead atoms. The molecule has 0 spiro atoms. The third-order valence-corrected chi connectivity index (χ3v) is 4.10. The summed E-state index contributed by atoms with van der Waals surface area (Å²) in [5, 5.41) is 12.0. The van der Waals surface area contributed by atoms with Gasteiger partial charge in [0.25, 0.3) is 0 Å². The van der Waals surface area contributed by atoms with Crippen LogP contribution in [-0.4, -0.2) is 23.9 Å². The van der Waals surface area contributed by atoms with Crippen molar-refractivity contribution in [3.8, 4) is 0 Å². The fraction of sp³-hybridized carbons (Fsp3) is 0.889. The summed E-state index contributed by atoms with van der Waals surface area (Å²) in [7, 11) is -3.45. The van der Waals surface area contributed by atoms with Crippen LogP contribution in [0.5, 0.6) is 0 Å². The van der Waals surface area contributed by atoms with E-state index in [1.165, 1.54) is 0 Å². The summed E-state index contributed by atoms with van der Waals surface area (Å²) < 4.78 is 22.4. The molecule has 15 heavy (non-hydrogen) atoms. The average molecular weight is 237 g/mol. The SMILES string of the molecule is CCOP(=O)(OCC)/C(=N/O)C(C)(C)C. The summed E-state index contributed by atoms with van der Waals surface area (Å²) in [5.74, 6) is 0. The van der Waals surface area contributed by atoms with Crippen molar-refractivity contribution in [2.24, 2.45) is 10.6 Å². The van der Waals surface area contributed by atoms with Crippen LogP contribution in [0.25, 0.3) is 0 Å². The maximum absolute atomic E-state index is 12.3. The predicted octanol–water partition coefficient (Wildman–Crippen LogP) is 3.09. The lowest BCUT2D eigenvalue weighted by atomic mass is 9.99. The monoisotopic (exact) mass is 237 g/mol. The Morgan fingerprint density at radius 2 is 1.67 bits per heavy atom. The molecule has 0 aromatic carbocycles. The maximum atomic E-state index is 12.3. The molecule has 0 amide bonds. The van der Waals surface area contributed by atoms with E-state index < -0.39 is 13.0 Å². The van der Waals surface area contributed by atoms with Crippen molar-refractivity contribution < 1.29 is 18.8 Å². The van der Waals surface area contributed by atoms with E-state index in [9.17, 15) is 4.57 Å². The molecule has 0 aliphatic rings. The number of hydrogen-bond donors (Lipinski definition) is 1. The normalized spacial score (nSPS) is 14.3. The van der Waals surface area contributed by atoms with Crippen LogP contribution < -0.4 is 0 Å². The number of rotatable bonds is 5. The molecular formula is C9H20NO4P. The van der Waals surface area contributed by atoms with Gasteiger partial charge in [-0.05, 0) is 13.8 Å². The first kappa shape index (κ1) is 14.6. The van der Waals surface area contributed by atoms with E-state index in [0.717, 1.165) is 0 Å². The highest BCUT2D eigenvalue weighted by Gasteiger charge is 2.40. The zero-order valence-corrected chi connectivity index (χ0v) is 10.9. The quantitative estimate of drug-likeness (QED) is 0.345. The van der Waals surface area contributed by atoms with E-state index in [2.05, 4.69) is 5.16 Å². The summed E-state index contributed by atoms with van der Waals surface area (Å²) in [6, 6.07) is 0. The van der Waals surface area contributed by atoms with Gasteiger partial charge in [-0.2, -0.15) is 0 Å². The molecule has 0 unspecified atom stereocenters. The van der Waals surface area contributed by atoms with Crippen LogP contribution in [0.4, 0.5) is 0 Å². The van der Waals surface area contributed by atoms with Crippen LogP contribution in [0.15, 0.2) is 5.16 Å². The molecule has 0 saturated carbocycles. The highest BCUT2D eigenvalue weighted by Crippen LogP contribution is 2.54. The van der Waals surface area contributed by atoms with E-state index in [1.54, 1.807) is 34.6 Å². The second kappa shape index (κ2) is 5.64. The van der Waals surface area contributed by atoms with Gasteiger partial charge in [0.15, 0.2) is 5.45 Å². The highest BCUT2D eigenvalue weighted by atomic mass is 31.2. The molecule has 6 heteroatoms. The summed E-state index contributed by atoms with van der Waals surface area (Å²) >= 11 is 0. The molecule has 5 nitrogen and oxygen atoms in total. The van der Waals surface area contributed by atoms with E-state index >= 15 is 0 Å². The smallest absolute Gasteiger partial charge is 0.379 e. The first-order valence-electron chi connectivity index (χ1n) is 4.94. The van der Waals surface area contributed by atoms with Crippen molar-refractivity contribution in [2.75, 3.05) is 13.2 Å². The minimum absolute atomic E-state index is 0.0544. The second-order valence-electron chi connectivity index (χ2n) is 4.01. The maximum Gasteiger partial charge on any atom is 0.379 e. The van der Waals surface area contributed by atoms with Crippen LogP contribution in [0.2, 0.25) is 0 Å². The van der Waals surface area contributed by atoms with E-state index in [-0.39, 0.29) is 18.7 Å². The first-order valence-corrected chi connectivity index (χ1v) is 6.48. The molecular weight excluding hydrogens is 217 g/mol. The largest absolute Gasteiger partial charge is 0.410 e. The zero-order valence-electron chi connectivity index (χ0n) is 9.98. The van der Waals surface area contributed by atoms with Crippen molar-refractivity contribution in [3.05, 3.63) is 0 Å². The summed E-state index contributed by atoms with van der Waals surface area (Å²) in [6.07, 6.45) is 0. The first-order chi connectivity index (χ1) is 6.81. The highest BCUT2D eigenvalue weighted by molar-refractivity contribution is 7.72.